The van der Waals surface area contributed by atoms with Crippen molar-refractivity contribution in [2.75, 3.05) is 20.1 Å². The molecule has 0 spiro atoms. The molecule has 1 aliphatic heterocycles. The third kappa shape index (κ3) is 4.93. The lowest BCUT2D eigenvalue weighted by molar-refractivity contribution is 0.219. The molecule has 1 unspecified atom stereocenters. The van der Waals surface area contributed by atoms with E-state index >= 15 is 0 Å². The van der Waals surface area contributed by atoms with Gasteiger partial charge in [0.05, 0.1) is 0 Å². The van der Waals surface area contributed by atoms with Gasteiger partial charge in [-0.3, -0.25) is 0 Å². The van der Waals surface area contributed by atoms with Crippen LogP contribution in [0.2, 0.25) is 0 Å². The van der Waals surface area contributed by atoms with E-state index in [1.54, 1.807) is 13.0 Å². The Labute approximate surface area is 99.0 Å². The van der Waals surface area contributed by atoms with Gasteiger partial charge in [-0.2, -0.15) is 0 Å². The van der Waals surface area contributed by atoms with Crippen molar-refractivity contribution in [3.8, 4) is 0 Å². The van der Waals surface area contributed by atoms with Gasteiger partial charge in [0, 0.05) is 0 Å². The van der Waals surface area contributed by atoms with Crippen molar-refractivity contribution in [1.82, 2.24) is 4.90 Å². The molecule has 0 radical (unpaired) electrons. The number of nitrogens with zero attached hydrogens (tertiary/aromatic N) is 1. The summed E-state index contributed by atoms with van der Waals surface area (Å²) in [5, 5.41) is 0. The van der Waals surface area contributed by atoms with Crippen LogP contribution in [0.3, 0.4) is 0 Å². The summed E-state index contributed by atoms with van der Waals surface area (Å²) in [4.78, 5) is 2.38. The molecule has 0 bridgehead atoms. The predicted octanol–water partition coefficient (Wildman–Crippen LogP) is 3.58. The van der Waals surface area contributed by atoms with E-state index in [-0.39, 0.29) is 0 Å². The zero-order valence-electron chi connectivity index (χ0n) is 10.7. The lowest BCUT2D eigenvalue weighted by Gasteiger charge is -2.29. The normalized spacial score (nSPS) is 22.9. The summed E-state index contributed by atoms with van der Waals surface area (Å²) >= 11 is 0. The minimum absolute atomic E-state index is 0.780. The molecule has 92 valence electrons. The quantitative estimate of drug-likeness (QED) is 0.661. The van der Waals surface area contributed by atoms with E-state index in [0.717, 1.165) is 12.3 Å². The first-order valence-electron chi connectivity index (χ1n) is 6.27. The molecule has 16 heavy (non-hydrogen) atoms. The first-order valence-corrected chi connectivity index (χ1v) is 6.27. The van der Waals surface area contributed by atoms with Crippen molar-refractivity contribution in [1.29, 1.82) is 0 Å². The molecule has 0 aromatic rings. The van der Waals surface area contributed by atoms with Gasteiger partial charge in [-0.25, -0.2) is 4.39 Å². The van der Waals surface area contributed by atoms with E-state index in [4.69, 9.17) is 0 Å². The molecule has 0 N–H and O–H groups in total. The third-order valence-corrected chi connectivity index (χ3v) is 3.31. The minimum Gasteiger partial charge on any atom is -0.306 e. The summed E-state index contributed by atoms with van der Waals surface area (Å²) in [6, 6.07) is 0. The Balaban J connectivity index is 2.39. The molecule has 0 amide bonds. The number of rotatable bonds is 4. The third-order valence-electron chi connectivity index (χ3n) is 3.31. The van der Waals surface area contributed by atoms with Crippen LogP contribution in [0.25, 0.3) is 0 Å². The Hall–Kier alpha value is -0.630. The van der Waals surface area contributed by atoms with Gasteiger partial charge in [0.1, 0.15) is 6.17 Å². The van der Waals surface area contributed by atoms with Crippen molar-refractivity contribution in [3.05, 3.63) is 23.8 Å². The van der Waals surface area contributed by atoms with E-state index in [0.29, 0.717) is 0 Å². The van der Waals surface area contributed by atoms with Gasteiger partial charge in [-0.05, 0) is 59.2 Å². The Morgan fingerprint density at radius 1 is 1.44 bits per heavy atom. The molecular formula is C14H24FN. The van der Waals surface area contributed by atoms with Crippen LogP contribution in [0.4, 0.5) is 4.39 Å². The Morgan fingerprint density at radius 3 is 2.56 bits per heavy atom. The second kappa shape index (κ2) is 6.85. The average Bonchev–Trinajstić information content (AvgIpc) is 2.26. The van der Waals surface area contributed by atoms with Crippen LogP contribution >= 0.6 is 0 Å². The molecule has 1 nitrogen and oxygen atoms in total. The number of hydrogen-bond donors (Lipinski definition) is 0. The maximum atomic E-state index is 12.7. The average molecular weight is 225 g/mol. The number of allylic oxidation sites excluding steroid dienone is 4. The SMILES string of the molecule is C/C=C(\C=C/C(C)F)CC1CCN(C)CC1. The smallest absolute Gasteiger partial charge is 0.116 e. The highest BCUT2D eigenvalue weighted by Gasteiger charge is 2.16. The Bertz CT molecular complexity index is 247. The van der Waals surface area contributed by atoms with E-state index in [1.807, 2.05) is 13.0 Å². The highest BCUT2D eigenvalue weighted by Crippen LogP contribution is 2.24. The topological polar surface area (TPSA) is 3.24 Å². The molecule has 1 aliphatic rings. The van der Waals surface area contributed by atoms with Gasteiger partial charge in [-0.1, -0.05) is 23.8 Å². The molecule has 1 fully saturated rings. The summed E-state index contributed by atoms with van der Waals surface area (Å²) < 4.78 is 12.7. The van der Waals surface area contributed by atoms with Crippen LogP contribution < -0.4 is 0 Å². The predicted molar refractivity (Wildman–Crippen MR) is 68.3 cm³/mol. The molecule has 0 saturated carbocycles. The second-order valence-electron chi connectivity index (χ2n) is 4.85. The van der Waals surface area contributed by atoms with Crippen LogP contribution in [0.5, 0.6) is 0 Å². The Kier molecular flexibility index (Phi) is 5.75. The zero-order valence-corrected chi connectivity index (χ0v) is 10.7. The van der Waals surface area contributed by atoms with Gasteiger partial charge >= 0.3 is 0 Å². The van der Waals surface area contributed by atoms with Gasteiger partial charge in [0.15, 0.2) is 0 Å². The van der Waals surface area contributed by atoms with Gasteiger partial charge in [0.2, 0.25) is 0 Å². The number of likely N-dealkylation sites (tertiary alicyclic amines) is 1. The summed E-state index contributed by atoms with van der Waals surface area (Å²) in [6.45, 7) is 6.01. The number of halogens is 1. The largest absolute Gasteiger partial charge is 0.306 e. The van der Waals surface area contributed by atoms with Crippen molar-refractivity contribution in [3.63, 3.8) is 0 Å². The summed E-state index contributed by atoms with van der Waals surface area (Å²) in [6.07, 6.45) is 8.50. The van der Waals surface area contributed by atoms with Crippen LogP contribution in [0.1, 0.15) is 33.1 Å². The maximum absolute atomic E-state index is 12.7. The monoisotopic (exact) mass is 225 g/mol. The molecule has 0 aliphatic carbocycles. The van der Waals surface area contributed by atoms with Crippen LogP contribution in [0, 0.1) is 5.92 Å². The van der Waals surface area contributed by atoms with E-state index in [1.165, 1.54) is 31.5 Å². The summed E-state index contributed by atoms with van der Waals surface area (Å²) in [5.74, 6) is 0.780. The van der Waals surface area contributed by atoms with Crippen LogP contribution in [-0.2, 0) is 0 Å². The zero-order chi connectivity index (χ0) is 12.0. The standard InChI is InChI=1S/C14H24FN/c1-4-13(6-5-12(2)15)11-14-7-9-16(3)10-8-14/h4-6,12,14H,7-11H2,1-3H3/b6-5-,13-4+. The van der Waals surface area contributed by atoms with E-state index in [9.17, 15) is 4.39 Å². The van der Waals surface area contributed by atoms with Gasteiger partial charge in [-0.15, -0.1) is 0 Å². The Morgan fingerprint density at radius 2 is 2.06 bits per heavy atom. The van der Waals surface area contributed by atoms with E-state index in [2.05, 4.69) is 18.0 Å². The maximum Gasteiger partial charge on any atom is 0.116 e. The van der Waals surface area contributed by atoms with E-state index < -0.39 is 6.17 Å². The van der Waals surface area contributed by atoms with Gasteiger partial charge in [0.25, 0.3) is 0 Å². The van der Waals surface area contributed by atoms with Crippen LogP contribution in [-0.4, -0.2) is 31.2 Å². The number of alkyl halides is 1. The van der Waals surface area contributed by atoms with Crippen molar-refractivity contribution in [2.45, 2.75) is 39.3 Å². The van der Waals surface area contributed by atoms with Crippen molar-refractivity contribution >= 4 is 0 Å². The fourth-order valence-electron chi connectivity index (χ4n) is 2.14. The molecule has 1 saturated heterocycles. The molecule has 1 rings (SSSR count). The molecule has 1 heterocycles. The number of piperidine rings is 1. The van der Waals surface area contributed by atoms with Gasteiger partial charge < -0.3 is 4.90 Å². The number of hydrogen-bond acceptors (Lipinski definition) is 1. The molecule has 1 atom stereocenters. The highest BCUT2D eigenvalue weighted by molar-refractivity contribution is 5.19. The lowest BCUT2D eigenvalue weighted by Crippen LogP contribution is -2.30. The fraction of sp³-hybridized carbons (Fsp3) is 0.714. The first kappa shape index (κ1) is 13.4. The fourth-order valence-corrected chi connectivity index (χ4v) is 2.14. The lowest BCUT2D eigenvalue weighted by atomic mass is 9.90. The van der Waals surface area contributed by atoms with Crippen LogP contribution in [0.15, 0.2) is 23.8 Å². The molecular weight excluding hydrogens is 201 g/mol. The molecule has 2 heteroatoms. The summed E-state index contributed by atoms with van der Waals surface area (Å²) in [7, 11) is 2.18. The van der Waals surface area contributed by atoms with Crippen molar-refractivity contribution < 1.29 is 4.39 Å². The highest BCUT2D eigenvalue weighted by atomic mass is 19.1. The molecule has 0 aromatic heterocycles. The van der Waals surface area contributed by atoms with Crippen molar-refractivity contribution in [2.24, 2.45) is 5.92 Å². The summed E-state index contributed by atoms with van der Waals surface area (Å²) in [5.41, 5.74) is 1.28. The molecule has 0 aromatic carbocycles. The first-order chi connectivity index (χ1) is 7.61. The second-order valence-corrected chi connectivity index (χ2v) is 4.85. The minimum atomic E-state index is -0.840.